The number of thioether (sulfide) groups is 1. The first-order valence-electron chi connectivity index (χ1n) is 13.9. The van der Waals surface area contributed by atoms with Gasteiger partial charge in [0.1, 0.15) is 10.8 Å². The lowest BCUT2D eigenvalue weighted by Crippen LogP contribution is -2.10. The van der Waals surface area contributed by atoms with Crippen LogP contribution in [-0.2, 0) is 17.4 Å². The van der Waals surface area contributed by atoms with E-state index < -0.39 is 24.3 Å². The maximum atomic E-state index is 13.3. The summed E-state index contributed by atoms with van der Waals surface area (Å²) in [5, 5.41) is 9.91. The Labute approximate surface area is 262 Å². The second-order valence-corrected chi connectivity index (χ2v) is 12.8. The molecule has 0 amide bonds. The molecule has 0 spiro atoms. The minimum atomic E-state index is -4.40. The van der Waals surface area contributed by atoms with Crippen molar-refractivity contribution in [3.05, 3.63) is 124 Å². The van der Waals surface area contributed by atoms with E-state index in [-0.39, 0.29) is 5.25 Å². The lowest BCUT2D eigenvalue weighted by Gasteiger charge is -2.18. The molecule has 4 nitrogen and oxygen atoms in total. The number of halogens is 3. The average Bonchev–Trinajstić information content (AvgIpc) is 3.38. The number of nitrogens with zero attached hydrogens (tertiary/aromatic N) is 1. The number of carbonyl (C=O) groups is 1. The molecule has 0 saturated carbocycles. The van der Waals surface area contributed by atoms with Crippen LogP contribution in [0.15, 0.2) is 95.9 Å². The molecule has 0 aliphatic rings. The first-order chi connectivity index (χ1) is 21.0. The molecular formula is C35H30F3NO3S2. The van der Waals surface area contributed by atoms with Gasteiger partial charge in [-0.15, -0.1) is 23.1 Å². The number of aryl methyl sites for hydroxylation is 3. The fraction of sp³-hybridized carbons (Fsp3) is 0.200. The molecule has 5 rings (SSSR count). The second-order valence-electron chi connectivity index (χ2n) is 10.5. The minimum absolute atomic E-state index is 0.00343. The van der Waals surface area contributed by atoms with Gasteiger partial charge in [-0.25, -0.2) is 9.78 Å². The molecule has 0 radical (unpaired) electrons. The van der Waals surface area contributed by atoms with Crippen molar-refractivity contribution in [1.82, 2.24) is 4.98 Å². The number of hydrogen-bond acceptors (Lipinski definition) is 5. The molecule has 1 aromatic heterocycles. The zero-order valence-corrected chi connectivity index (χ0v) is 25.9. The third kappa shape index (κ3) is 7.70. The van der Waals surface area contributed by atoms with Crippen LogP contribution in [-0.4, -0.2) is 22.7 Å². The highest BCUT2D eigenvalue weighted by atomic mass is 32.2. The fourth-order valence-corrected chi connectivity index (χ4v) is 7.41. The smallest absolute Gasteiger partial charge is 0.416 e. The van der Waals surface area contributed by atoms with E-state index in [1.54, 1.807) is 35.2 Å². The van der Waals surface area contributed by atoms with E-state index in [0.717, 1.165) is 43.2 Å². The summed E-state index contributed by atoms with van der Waals surface area (Å²) in [5.41, 5.74) is 5.61. The Morgan fingerprint density at radius 3 is 2.27 bits per heavy atom. The van der Waals surface area contributed by atoms with E-state index in [4.69, 9.17) is 14.8 Å². The quantitative estimate of drug-likeness (QED) is 0.155. The normalized spacial score (nSPS) is 12.2. The third-order valence-corrected chi connectivity index (χ3v) is 9.78. The Bertz CT molecular complexity index is 1760. The Hall–Kier alpha value is -4.08. The maximum absolute atomic E-state index is 13.3. The molecule has 0 fully saturated rings. The number of ether oxygens (including phenoxy) is 1. The van der Waals surface area contributed by atoms with E-state index >= 15 is 0 Å². The Morgan fingerprint density at radius 2 is 1.61 bits per heavy atom. The van der Waals surface area contributed by atoms with E-state index in [2.05, 4.69) is 24.3 Å². The molecule has 0 bridgehead atoms. The van der Waals surface area contributed by atoms with Crippen molar-refractivity contribution >= 4 is 29.1 Å². The zero-order valence-electron chi connectivity index (χ0n) is 24.3. The van der Waals surface area contributed by atoms with Crippen molar-refractivity contribution in [2.75, 3.05) is 6.61 Å². The zero-order chi connectivity index (χ0) is 31.4. The summed E-state index contributed by atoms with van der Waals surface area (Å²) in [4.78, 5) is 18.0. The van der Waals surface area contributed by atoms with Crippen molar-refractivity contribution in [3.8, 4) is 27.4 Å². The first kappa shape index (κ1) is 31.3. The summed E-state index contributed by atoms with van der Waals surface area (Å²) in [7, 11) is 0. The van der Waals surface area contributed by atoms with E-state index in [1.807, 2.05) is 57.2 Å². The maximum Gasteiger partial charge on any atom is 0.416 e. The highest BCUT2D eigenvalue weighted by Crippen LogP contribution is 2.44. The molecule has 1 N–H and O–H groups in total. The van der Waals surface area contributed by atoms with Crippen molar-refractivity contribution in [1.29, 1.82) is 0 Å². The lowest BCUT2D eigenvalue weighted by molar-refractivity contribution is -0.139. The van der Waals surface area contributed by atoms with Crippen LogP contribution in [0.2, 0.25) is 0 Å². The van der Waals surface area contributed by atoms with Gasteiger partial charge in [0.2, 0.25) is 0 Å². The standard InChI is InChI=1S/C35H30F3NO3S2/c1-21-7-11-26(12-8-21)34-39-23(3)33(44-34)31(43-29-15-16-30(22(2)17-29)42-20-32(40)41)18-24-9-13-25(14-10-24)27-5-4-6-28(19-27)35(36,37)38/h4-17,19,31H,18,20H2,1-3H3,(H,40,41). The summed E-state index contributed by atoms with van der Waals surface area (Å²) in [5.74, 6) is -0.513. The van der Waals surface area contributed by atoms with Crippen LogP contribution in [0.4, 0.5) is 13.2 Å². The number of aliphatic carboxylic acids is 1. The number of carboxylic acid groups (broad SMARTS) is 1. The Morgan fingerprint density at radius 1 is 0.909 bits per heavy atom. The van der Waals surface area contributed by atoms with E-state index in [0.29, 0.717) is 23.3 Å². The van der Waals surface area contributed by atoms with Gasteiger partial charge in [0.25, 0.3) is 0 Å². The van der Waals surface area contributed by atoms with Crippen LogP contribution in [0.3, 0.4) is 0 Å². The van der Waals surface area contributed by atoms with Crippen molar-refractivity contribution in [3.63, 3.8) is 0 Å². The average molecular weight is 634 g/mol. The number of alkyl halides is 3. The molecule has 5 aromatic rings. The van der Waals surface area contributed by atoms with Gasteiger partial charge in [-0.1, -0.05) is 66.2 Å². The largest absolute Gasteiger partial charge is 0.482 e. The molecule has 4 aromatic carbocycles. The topological polar surface area (TPSA) is 59.4 Å². The first-order valence-corrected chi connectivity index (χ1v) is 15.6. The predicted molar refractivity (Wildman–Crippen MR) is 171 cm³/mol. The molecule has 1 unspecified atom stereocenters. The van der Waals surface area contributed by atoms with Crippen LogP contribution >= 0.6 is 23.1 Å². The Balaban J connectivity index is 1.44. The summed E-state index contributed by atoms with van der Waals surface area (Å²) in [6.07, 6.45) is -3.73. The van der Waals surface area contributed by atoms with Gasteiger partial charge in [0.05, 0.1) is 11.3 Å². The highest BCUT2D eigenvalue weighted by Gasteiger charge is 2.30. The van der Waals surface area contributed by atoms with Gasteiger partial charge in [0, 0.05) is 20.6 Å². The molecule has 9 heteroatoms. The van der Waals surface area contributed by atoms with Crippen LogP contribution in [0.25, 0.3) is 21.7 Å². The molecular weight excluding hydrogens is 604 g/mol. The Kier molecular flexibility index (Phi) is 9.46. The van der Waals surface area contributed by atoms with Gasteiger partial charge < -0.3 is 9.84 Å². The van der Waals surface area contributed by atoms with Crippen molar-refractivity contribution in [2.45, 2.75) is 43.5 Å². The van der Waals surface area contributed by atoms with Crippen molar-refractivity contribution < 1.29 is 27.8 Å². The molecule has 1 heterocycles. The summed E-state index contributed by atoms with van der Waals surface area (Å²) >= 11 is 3.35. The predicted octanol–water partition coefficient (Wildman–Crippen LogP) is 9.96. The van der Waals surface area contributed by atoms with E-state index in [9.17, 15) is 18.0 Å². The molecule has 44 heavy (non-hydrogen) atoms. The van der Waals surface area contributed by atoms with Crippen LogP contribution in [0.5, 0.6) is 5.75 Å². The van der Waals surface area contributed by atoms with Gasteiger partial charge in [-0.3, -0.25) is 0 Å². The summed E-state index contributed by atoms with van der Waals surface area (Å²) < 4.78 is 45.2. The third-order valence-electron chi connectivity index (χ3n) is 7.10. The number of benzene rings is 4. The van der Waals surface area contributed by atoms with Gasteiger partial charge >= 0.3 is 12.1 Å². The summed E-state index contributed by atoms with van der Waals surface area (Å²) in [6, 6.07) is 27.0. The van der Waals surface area contributed by atoms with Crippen LogP contribution in [0.1, 0.15) is 38.1 Å². The minimum Gasteiger partial charge on any atom is -0.482 e. The second kappa shape index (κ2) is 13.3. The molecule has 226 valence electrons. The van der Waals surface area contributed by atoms with Crippen LogP contribution < -0.4 is 4.74 Å². The molecule has 0 aliphatic heterocycles. The number of carboxylic acids is 1. The number of hydrogen-bond donors (Lipinski definition) is 1. The number of thiazole rings is 1. The van der Waals surface area contributed by atoms with E-state index in [1.165, 1.54) is 17.7 Å². The van der Waals surface area contributed by atoms with Gasteiger partial charge in [-0.2, -0.15) is 13.2 Å². The molecule has 1 atom stereocenters. The molecule has 0 saturated heterocycles. The summed E-state index contributed by atoms with van der Waals surface area (Å²) in [6.45, 7) is 5.54. The van der Waals surface area contributed by atoms with Crippen molar-refractivity contribution in [2.24, 2.45) is 0 Å². The van der Waals surface area contributed by atoms with Crippen LogP contribution in [0, 0.1) is 20.8 Å². The van der Waals surface area contributed by atoms with Gasteiger partial charge in [-0.05, 0) is 79.8 Å². The fourth-order valence-electron chi connectivity index (χ4n) is 4.80. The number of aromatic nitrogens is 1. The molecule has 0 aliphatic carbocycles. The highest BCUT2D eigenvalue weighted by molar-refractivity contribution is 7.99. The number of rotatable bonds is 10. The lowest BCUT2D eigenvalue weighted by atomic mass is 10.00. The SMILES string of the molecule is Cc1ccc(-c2nc(C)c(C(Cc3ccc(-c4cccc(C(F)(F)F)c4)cc3)Sc3ccc(OCC(=O)O)c(C)c3)s2)cc1. The monoisotopic (exact) mass is 633 g/mol. The van der Waals surface area contributed by atoms with Gasteiger partial charge in [0.15, 0.2) is 6.61 Å².